The Balaban J connectivity index is 2.20. The fourth-order valence-corrected chi connectivity index (χ4v) is 1.81. The van der Waals surface area contributed by atoms with Crippen LogP contribution in [0.25, 0.3) is 0 Å². The van der Waals surface area contributed by atoms with Crippen molar-refractivity contribution in [2.75, 3.05) is 0 Å². The summed E-state index contributed by atoms with van der Waals surface area (Å²) in [4.78, 5) is 10.9. The number of carbonyl (C=O) groups is 1. The van der Waals surface area contributed by atoms with E-state index in [0.29, 0.717) is 5.69 Å². The van der Waals surface area contributed by atoms with E-state index in [1.807, 2.05) is 13.8 Å². The number of hydrogen-bond acceptors (Lipinski definition) is 3. The van der Waals surface area contributed by atoms with Crippen LogP contribution >= 0.6 is 0 Å². The molecule has 0 aliphatic heterocycles. The molecule has 0 unspecified atom stereocenters. The van der Waals surface area contributed by atoms with Crippen molar-refractivity contribution in [1.82, 2.24) is 9.78 Å². The summed E-state index contributed by atoms with van der Waals surface area (Å²) in [5, 5.41) is 12.9. The van der Waals surface area contributed by atoms with Gasteiger partial charge in [0.25, 0.3) is 0 Å². The van der Waals surface area contributed by atoms with Gasteiger partial charge in [0, 0.05) is 6.04 Å². The first kappa shape index (κ1) is 14.0. The topological polar surface area (TPSA) is 64.4 Å². The first-order valence-electron chi connectivity index (χ1n) is 6.18. The minimum Gasteiger partial charge on any atom is -0.484 e. The van der Waals surface area contributed by atoms with Crippen LogP contribution in [0.5, 0.6) is 5.75 Å². The van der Waals surface area contributed by atoms with E-state index in [2.05, 4.69) is 5.10 Å². The molecule has 6 heteroatoms. The zero-order valence-electron chi connectivity index (χ0n) is 11.2. The number of para-hydroxylation sites is 1. The molecule has 1 heterocycles. The van der Waals surface area contributed by atoms with Gasteiger partial charge in [0.2, 0.25) is 0 Å². The van der Waals surface area contributed by atoms with Crippen molar-refractivity contribution in [2.24, 2.45) is 0 Å². The van der Waals surface area contributed by atoms with Crippen LogP contribution in [0.4, 0.5) is 4.39 Å². The number of ether oxygens (including phenoxy) is 1. The summed E-state index contributed by atoms with van der Waals surface area (Å²) in [6.45, 7) is 3.82. The molecule has 0 saturated carbocycles. The molecule has 0 radical (unpaired) electrons. The number of benzene rings is 1. The molecule has 0 spiro atoms. The second kappa shape index (κ2) is 5.73. The maximum atomic E-state index is 13.4. The van der Waals surface area contributed by atoms with Crippen LogP contribution in [0.2, 0.25) is 0 Å². The molecule has 0 aliphatic rings. The Labute approximate surface area is 115 Å². The van der Waals surface area contributed by atoms with Gasteiger partial charge < -0.3 is 9.84 Å². The summed E-state index contributed by atoms with van der Waals surface area (Å²) in [6.07, 6.45) is 0. The lowest BCUT2D eigenvalue weighted by Crippen LogP contribution is -2.10. The van der Waals surface area contributed by atoms with E-state index in [4.69, 9.17) is 9.84 Å². The molecule has 5 nitrogen and oxygen atoms in total. The van der Waals surface area contributed by atoms with Crippen molar-refractivity contribution >= 4 is 5.97 Å². The monoisotopic (exact) mass is 278 g/mol. The number of nitrogens with zero attached hydrogens (tertiary/aromatic N) is 2. The summed E-state index contributed by atoms with van der Waals surface area (Å²) in [5.74, 6) is -1.43. The lowest BCUT2D eigenvalue weighted by molar-refractivity contribution is 0.0689. The molecule has 0 amide bonds. The average Bonchev–Trinajstić information content (AvgIpc) is 2.82. The second-order valence-electron chi connectivity index (χ2n) is 4.58. The molecule has 0 bridgehead atoms. The Hall–Kier alpha value is -2.37. The smallest absolute Gasteiger partial charge is 0.356 e. The fraction of sp³-hybridized carbons (Fsp3) is 0.286. The van der Waals surface area contributed by atoms with Crippen LogP contribution < -0.4 is 4.74 Å². The summed E-state index contributed by atoms with van der Waals surface area (Å²) < 4.78 is 20.4. The van der Waals surface area contributed by atoms with Gasteiger partial charge >= 0.3 is 5.97 Å². The third-order valence-corrected chi connectivity index (χ3v) is 2.73. The van der Waals surface area contributed by atoms with Crippen LogP contribution in [0.3, 0.4) is 0 Å². The highest BCUT2D eigenvalue weighted by Gasteiger charge is 2.15. The molecule has 1 aromatic heterocycles. The molecule has 2 rings (SSSR count). The van der Waals surface area contributed by atoms with Crippen molar-refractivity contribution in [1.29, 1.82) is 0 Å². The number of carboxylic acids is 1. The van der Waals surface area contributed by atoms with E-state index in [9.17, 15) is 9.18 Å². The third kappa shape index (κ3) is 2.96. The predicted molar refractivity (Wildman–Crippen MR) is 70.3 cm³/mol. The Morgan fingerprint density at radius 3 is 2.75 bits per heavy atom. The zero-order chi connectivity index (χ0) is 14.7. The second-order valence-corrected chi connectivity index (χ2v) is 4.58. The molecule has 0 atom stereocenters. The van der Waals surface area contributed by atoms with Gasteiger partial charge in [-0.05, 0) is 32.0 Å². The van der Waals surface area contributed by atoms with E-state index in [0.717, 1.165) is 0 Å². The molecule has 1 aromatic carbocycles. The minimum atomic E-state index is -1.10. The lowest BCUT2D eigenvalue weighted by atomic mass is 10.3. The number of rotatable bonds is 5. The van der Waals surface area contributed by atoms with E-state index < -0.39 is 11.8 Å². The maximum Gasteiger partial charge on any atom is 0.356 e. The quantitative estimate of drug-likeness (QED) is 0.913. The SMILES string of the molecule is CC(C)n1nc(C(=O)O)cc1COc1ccccc1F. The largest absolute Gasteiger partial charge is 0.484 e. The van der Waals surface area contributed by atoms with Gasteiger partial charge in [0.05, 0.1) is 5.69 Å². The highest BCUT2D eigenvalue weighted by Crippen LogP contribution is 2.19. The highest BCUT2D eigenvalue weighted by atomic mass is 19.1. The summed E-state index contributed by atoms with van der Waals surface area (Å²) in [5.41, 5.74) is 0.534. The van der Waals surface area contributed by atoms with Gasteiger partial charge in [-0.1, -0.05) is 12.1 Å². The molecule has 0 saturated heterocycles. The van der Waals surface area contributed by atoms with Crippen LogP contribution in [-0.4, -0.2) is 20.9 Å². The highest BCUT2D eigenvalue weighted by molar-refractivity contribution is 5.85. The van der Waals surface area contributed by atoms with Gasteiger partial charge in [-0.3, -0.25) is 4.68 Å². The number of carboxylic acid groups (broad SMARTS) is 1. The van der Waals surface area contributed by atoms with Crippen molar-refractivity contribution in [2.45, 2.75) is 26.5 Å². The molecule has 0 fully saturated rings. The van der Waals surface area contributed by atoms with E-state index in [1.54, 1.807) is 16.8 Å². The Kier molecular flexibility index (Phi) is 4.02. The summed E-state index contributed by atoms with van der Waals surface area (Å²) in [7, 11) is 0. The van der Waals surface area contributed by atoms with Gasteiger partial charge in [0.1, 0.15) is 6.61 Å². The zero-order valence-corrected chi connectivity index (χ0v) is 11.2. The molecule has 1 N–H and O–H groups in total. The van der Waals surface area contributed by atoms with Crippen molar-refractivity contribution in [3.8, 4) is 5.75 Å². The molecule has 2 aromatic rings. The Bertz CT molecular complexity index is 623. The average molecular weight is 278 g/mol. The van der Waals surface area contributed by atoms with Gasteiger partial charge in [-0.2, -0.15) is 5.10 Å². The molecule has 106 valence electrons. The van der Waals surface area contributed by atoms with Crippen molar-refractivity contribution in [3.05, 3.63) is 47.5 Å². The van der Waals surface area contributed by atoms with Crippen LogP contribution in [-0.2, 0) is 6.61 Å². The Morgan fingerprint density at radius 2 is 2.15 bits per heavy atom. The predicted octanol–water partition coefficient (Wildman–Crippen LogP) is 2.88. The first-order chi connectivity index (χ1) is 9.49. The van der Waals surface area contributed by atoms with Gasteiger partial charge in [-0.15, -0.1) is 0 Å². The number of aromatic nitrogens is 2. The van der Waals surface area contributed by atoms with Crippen LogP contribution in [0, 0.1) is 5.82 Å². The molecular weight excluding hydrogens is 263 g/mol. The van der Waals surface area contributed by atoms with E-state index in [1.165, 1.54) is 18.2 Å². The minimum absolute atomic E-state index is 0.0117. The first-order valence-corrected chi connectivity index (χ1v) is 6.18. The summed E-state index contributed by atoms with van der Waals surface area (Å²) in [6, 6.07) is 7.48. The number of aromatic carboxylic acids is 1. The molecule has 0 aliphatic carbocycles. The molecule has 20 heavy (non-hydrogen) atoms. The van der Waals surface area contributed by atoms with Crippen molar-refractivity contribution in [3.63, 3.8) is 0 Å². The van der Waals surface area contributed by atoms with Crippen molar-refractivity contribution < 1.29 is 19.0 Å². The van der Waals surface area contributed by atoms with Gasteiger partial charge in [-0.25, -0.2) is 9.18 Å². The summed E-state index contributed by atoms with van der Waals surface area (Å²) >= 11 is 0. The van der Waals surface area contributed by atoms with Crippen LogP contribution in [0.15, 0.2) is 30.3 Å². The Morgan fingerprint density at radius 1 is 1.45 bits per heavy atom. The normalized spacial score (nSPS) is 10.8. The fourth-order valence-electron chi connectivity index (χ4n) is 1.81. The number of halogens is 1. The van der Waals surface area contributed by atoms with E-state index in [-0.39, 0.29) is 24.1 Å². The van der Waals surface area contributed by atoms with E-state index >= 15 is 0 Å². The lowest BCUT2D eigenvalue weighted by Gasteiger charge is -2.12. The standard InChI is InChI=1S/C14H15FN2O3/c1-9(2)17-10(7-12(16-17)14(18)19)8-20-13-6-4-3-5-11(13)15/h3-7,9H,8H2,1-2H3,(H,18,19). The maximum absolute atomic E-state index is 13.4. The molecular formula is C14H15FN2O3. The van der Waals surface area contributed by atoms with Crippen LogP contribution in [0.1, 0.15) is 36.1 Å². The number of hydrogen-bond donors (Lipinski definition) is 1. The third-order valence-electron chi connectivity index (χ3n) is 2.73. The van der Waals surface area contributed by atoms with Gasteiger partial charge in [0.15, 0.2) is 17.3 Å².